The lowest BCUT2D eigenvalue weighted by atomic mass is 10.0. The molecule has 0 fully saturated rings. The Morgan fingerprint density at radius 3 is 2.57 bits per heavy atom. The summed E-state index contributed by atoms with van der Waals surface area (Å²) in [5.74, 6) is -1.23. The van der Waals surface area contributed by atoms with Gasteiger partial charge in [-0.2, -0.15) is 0 Å². The zero-order valence-electron chi connectivity index (χ0n) is 7.56. The third kappa shape index (κ3) is 2.34. The Kier molecular flexibility index (Phi) is 3.28. The third-order valence-corrected chi connectivity index (χ3v) is 1.80. The average molecular weight is 202 g/mol. The van der Waals surface area contributed by atoms with E-state index in [-0.39, 0.29) is 17.8 Å². The van der Waals surface area contributed by atoms with E-state index in [1.54, 1.807) is 0 Å². The van der Waals surface area contributed by atoms with E-state index >= 15 is 0 Å². The minimum Gasteiger partial charge on any atom is -0.300 e. The second kappa shape index (κ2) is 4.26. The van der Waals surface area contributed by atoms with Gasteiger partial charge in [0.1, 0.15) is 11.6 Å². The molecule has 0 unspecified atom stereocenters. The van der Waals surface area contributed by atoms with Crippen LogP contribution >= 0.6 is 0 Å². The standard InChI is InChI=1S/C10H9F3O/c1-6(14)5-7-3-2-4-8(11)9(7)10(12)13/h2-4,10H,5H2,1H3. The van der Waals surface area contributed by atoms with Crippen molar-refractivity contribution >= 4 is 5.78 Å². The number of hydrogen-bond acceptors (Lipinski definition) is 1. The van der Waals surface area contributed by atoms with E-state index in [4.69, 9.17) is 0 Å². The lowest BCUT2D eigenvalue weighted by molar-refractivity contribution is -0.116. The van der Waals surface area contributed by atoms with Gasteiger partial charge in [-0.15, -0.1) is 0 Å². The van der Waals surface area contributed by atoms with Crippen molar-refractivity contribution in [2.24, 2.45) is 0 Å². The van der Waals surface area contributed by atoms with Gasteiger partial charge in [-0.3, -0.25) is 4.79 Å². The highest BCUT2D eigenvalue weighted by Crippen LogP contribution is 2.26. The fourth-order valence-corrected chi connectivity index (χ4v) is 1.25. The zero-order valence-corrected chi connectivity index (χ0v) is 7.56. The minimum atomic E-state index is -2.88. The molecular formula is C10H9F3O. The first-order chi connectivity index (χ1) is 6.52. The van der Waals surface area contributed by atoms with E-state index < -0.39 is 17.8 Å². The molecule has 0 radical (unpaired) electrons. The molecule has 0 aliphatic rings. The number of halogens is 3. The highest BCUT2D eigenvalue weighted by Gasteiger charge is 2.18. The van der Waals surface area contributed by atoms with Crippen LogP contribution in [0.1, 0.15) is 24.5 Å². The van der Waals surface area contributed by atoms with E-state index in [0.717, 1.165) is 6.07 Å². The van der Waals surface area contributed by atoms with Gasteiger partial charge in [0.05, 0.1) is 5.56 Å². The van der Waals surface area contributed by atoms with Gasteiger partial charge in [-0.25, -0.2) is 13.2 Å². The summed E-state index contributed by atoms with van der Waals surface area (Å²) in [6.07, 6.45) is -3.04. The van der Waals surface area contributed by atoms with Gasteiger partial charge in [0, 0.05) is 6.42 Å². The monoisotopic (exact) mass is 202 g/mol. The van der Waals surface area contributed by atoms with Crippen LogP contribution in [0.3, 0.4) is 0 Å². The summed E-state index contributed by atoms with van der Waals surface area (Å²) in [6, 6.07) is 3.62. The smallest absolute Gasteiger partial charge is 0.266 e. The Morgan fingerprint density at radius 1 is 1.43 bits per heavy atom. The molecule has 1 aromatic rings. The molecule has 1 nitrogen and oxygen atoms in total. The Labute approximate surface area is 79.5 Å². The number of rotatable bonds is 3. The molecule has 0 spiro atoms. The molecule has 0 saturated heterocycles. The molecule has 0 bridgehead atoms. The van der Waals surface area contributed by atoms with Crippen LogP contribution in [0.2, 0.25) is 0 Å². The normalized spacial score (nSPS) is 10.6. The third-order valence-electron chi connectivity index (χ3n) is 1.80. The fraction of sp³-hybridized carbons (Fsp3) is 0.300. The van der Waals surface area contributed by atoms with Crippen LogP contribution in [0.5, 0.6) is 0 Å². The second-order valence-corrected chi connectivity index (χ2v) is 2.99. The first kappa shape index (κ1) is 10.8. The minimum absolute atomic E-state index is 0.0625. The molecule has 0 aromatic heterocycles. The number of benzene rings is 1. The molecular weight excluding hydrogens is 193 g/mol. The lowest BCUT2D eigenvalue weighted by Crippen LogP contribution is -2.03. The average Bonchev–Trinajstić information content (AvgIpc) is 2.01. The molecule has 0 atom stereocenters. The summed E-state index contributed by atoms with van der Waals surface area (Å²) in [4.78, 5) is 10.7. The maximum atomic E-state index is 13.0. The predicted octanol–water partition coefficient (Wildman–Crippen LogP) is 2.89. The van der Waals surface area contributed by atoms with Gasteiger partial charge in [-0.05, 0) is 18.6 Å². The van der Waals surface area contributed by atoms with Gasteiger partial charge in [0.2, 0.25) is 0 Å². The number of carbonyl (C=O) groups is 1. The lowest BCUT2D eigenvalue weighted by Gasteiger charge is -2.07. The van der Waals surface area contributed by atoms with Crippen LogP contribution in [0.15, 0.2) is 18.2 Å². The van der Waals surface area contributed by atoms with E-state index in [2.05, 4.69) is 0 Å². The van der Waals surface area contributed by atoms with Crippen LogP contribution < -0.4 is 0 Å². The summed E-state index contributed by atoms with van der Waals surface area (Å²) in [6.45, 7) is 1.28. The van der Waals surface area contributed by atoms with Crippen molar-refractivity contribution < 1.29 is 18.0 Å². The van der Waals surface area contributed by atoms with Crippen molar-refractivity contribution in [3.8, 4) is 0 Å². The molecule has 1 aromatic carbocycles. The van der Waals surface area contributed by atoms with Crippen molar-refractivity contribution in [2.45, 2.75) is 19.8 Å². The van der Waals surface area contributed by atoms with Crippen LogP contribution in [-0.2, 0) is 11.2 Å². The Hall–Kier alpha value is -1.32. The summed E-state index contributed by atoms with van der Waals surface area (Å²) in [5, 5.41) is 0. The summed E-state index contributed by atoms with van der Waals surface area (Å²) >= 11 is 0. The second-order valence-electron chi connectivity index (χ2n) is 2.99. The van der Waals surface area contributed by atoms with E-state index in [1.807, 2.05) is 0 Å². The number of hydrogen-bond donors (Lipinski definition) is 0. The van der Waals surface area contributed by atoms with Crippen molar-refractivity contribution in [3.63, 3.8) is 0 Å². The molecule has 0 aliphatic heterocycles. The highest BCUT2D eigenvalue weighted by molar-refractivity contribution is 5.78. The van der Waals surface area contributed by atoms with Crippen LogP contribution in [0, 0.1) is 5.82 Å². The molecule has 0 saturated carbocycles. The first-order valence-electron chi connectivity index (χ1n) is 4.07. The zero-order chi connectivity index (χ0) is 10.7. The summed E-state index contributed by atoms with van der Waals surface area (Å²) in [7, 11) is 0. The van der Waals surface area contributed by atoms with Crippen molar-refractivity contribution in [2.75, 3.05) is 0 Å². The van der Waals surface area contributed by atoms with Gasteiger partial charge in [0.15, 0.2) is 0 Å². The quantitative estimate of drug-likeness (QED) is 0.736. The number of Topliss-reactive ketones (excluding diaryl/α,β-unsaturated/α-hetero) is 1. The van der Waals surface area contributed by atoms with Crippen molar-refractivity contribution in [1.29, 1.82) is 0 Å². The molecule has 4 heteroatoms. The fourth-order valence-electron chi connectivity index (χ4n) is 1.25. The van der Waals surface area contributed by atoms with E-state index in [1.165, 1.54) is 19.1 Å². The summed E-state index contributed by atoms with van der Waals surface area (Å²) < 4.78 is 37.7. The maximum absolute atomic E-state index is 13.0. The first-order valence-corrected chi connectivity index (χ1v) is 4.07. The van der Waals surface area contributed by atoms with Gasteiger partial charge in [0.25, 0.3) is 6.43 Å². The van der Waals surface area contributed by atoms with Crippen LogP contribution in [0.4, 0.5) is 13.2 Å². The molecule has 0 aliphatic carbocycles. The van der Waals surface area contributed by atoms with Crippen LogP contribution in [0.25, 0.3) is 0 Å². The topological polar surface area (TPSA) is 17.1 Å². The Morgan fingerprint density at radius 2 is 2.07 bits per heavy atom. The molecule has 14 heavy (non-hydrogen) atoms. The molecule has 1 rings (SSSR count). The van der Waals surface area contributed by atoms with Gasteiger partial charge < -0.3 is 0 Å². The maximum Gasteiger partial charge on any atom is 0.266 e. The number of ketones is 1. The molecule has 0 heterocycles. The molecule has 0 N–H and O–H groups in total. The molecule has 76 valence electrons. The molecule has 0 amide bonds. The largest absolute Gasteiger partial charge is 0.300 e. The summed E-state index contributed by atoms with van der Waals surface area (Å²) in [5.41, 5.74) is -0.602. The number of alkyl halides is 2. The van der Waals surface area contributed by atoms with Crippen molar-refractivity contribution in [3.05, 3.63) is 35.1 Å². The Balaban J connectivity index is 3.14. The van der Waals surface area contributed by atoms with Gasteiger partial charge in [-0.1, -0.05) is 12.1 Å². The predicted molar refractivity (Wildman–Crippen MR) is 45.7 cm³/mol. The van der Waals surface area contributed by atoms with Crippen molar-refractivity contribution in [1.82, 2.24) is 0 Å². The Bertz CT molecular complexity index is 347. The van der Waals surface area contributed by atoms with E-state index in [9.17, 15) is 18.0 Å². The van der Waals surface area contributed by atoms with E-state index in [0.29, 0.717) is 0 Å². The van der Waals surface area contributed by atoms with Crippen LogP contribution in [-0.4, -0.2) is 5.78 Å². The van der Waals surface area contributed by atoms with Gasteiger partial charge >= 0.3 is 0 Å². The SMILES string of the molecule is CC(=O)Cc1cccc(F)c1C(F)F. The highest BCUT2D eigenvalue weighted by atomic mass is 19.3. The number of carbonyl (C=O) groups excluding carboxylic acids is 1.